The van der Waals surface area contributed by atoms with Crippen LogP contribution in [0.4, 0.5) is 0 Å². The van der Waals surface area contributed by atoms with E-state index in [2.05, 4.69) is 16.0 Å². The van der Waals surface area contributed by atoms with Gasteiger partial charge < -0.3 is 42.7 Å². The Bertz CT molecular complexity index is 543. The minimum absolute atomic E-state index is 0.185. The summed E-state index contributed by atoms with van der Waals surface area (Å²) in [6.45, 7) is 2.32. The van der Waals surface area contributed by atoms with Gasteiger partial charge in [0.15, 0.2) is 0 Å². The monoisotopic (exact) mass is 405 g/mol. The fraction of sp³-hybridized carbons (Fsp3) is 0.750. The van der Waals surface area contributed by atoms with Crippen LogP contribution >= 0.6 is 0 Å². The molecule has 12 heteroatoms. The van der Waals surface area contributed by atoms with E-state index in [1.54, 1.807) is 0 Å². The van der Waals surface area contributed by atoms with Crippen LogP contribution in [-0.4, -0.2) is 82.4 Å². The van der Waals surface area contributed by atoms with E-state index in [0.717, 1.165) is 0 Å². The summed E-state index contributed by atoms with van der Waals surface area (Å²) in [5.41, 5.74) is 10.7. The van der Waals surface area contributed by atoms with Gasteiger partial charge >= 0.3 is 5.97 Å². The maximum Gasteiger partial charge on any atom is 0.326 e. The third-order valence-electron chi connectivity index (χ3n) is 3.91. The lowest BCUT2D eigenvalue weighted by Gasteiger charge is -2.24. The lowest BCUT2D eigenvalue weighted by atomic mass is 10.1. The summed E-state index contributed by atoms with van der Waals surface area (Å²) in [4.78, 5) is 47.4. The third kappa shape index (κ3) is 9.08. The second-order valence-electron chi connectivity index (χ2n) is 6.43. The van der Waals surface area contributed by atoms with Crippen molar-refractivity contribution in [2.24, 2.45) is 11.5 Å². The van der Waals surface area contributed by atoms with Crippen LogP contribution in [0.5, 0.6) is 0 Å². The number of carboxylic acids is 1. The number of hydrogen-bond donors (Lipinski definition) is 8. The van der Waals surface area contributed by atoms with Crippen molar-refractivity contribution < 1.29 is 34.5 Å². The summed E-state index contributed by atoms with van der Waals surface area (Å²) < 4.78 is 0. The van der Waals surface area contributed by atoms with E-state index in [1.807, 2.05) is 0 Å². The molecular formula is C16H31N5O7. The zero-order valence-corrected chi connectivity index (χ0v) is 16.1. The number of nitrogens with one attached hydrogen (secondary N) is 3. The van der Waals surface area contributed by atoms with Crippen molar-refractivity contribution in [3.8, 4) is 0 Å². The second-order valence-corrected chi connectivity index (χ2v) is 6.43. The summed E-state index contributed by atoms with van der Waals surface area (Å²) in [7, 11) is 0. The number of rotatable bonds is 13. The van der Waals surface area contributed by atoms with Crippen molar-refractivity contribution in [1.29, 1.82) is 0 Å². The molecule has 28 heavy (non-hydrogen) atoms. The van der Waals surface area contributed by atoms with E-state index >= 15 is 0 Å². The molecule has 0 aliphatic carbocycles. The molecule has 0 aliphatic heterocycles. The average molecular weight is 405 g/mol. The van der Waals surface area contributed by atoms with Crippen molar-refractivity contribution in [2.45, 2.75) is 63.4 Å². The highest BCUT2D eigenvalue weighted by molar-refractivity contribution is 5.94. The lowest BCUT2D eigenvalue weighted by Crippen LogP contribution is -2.59. The average Bonchev–Trinajstić information content (AvgIpc) is 2.63. The van der Waals surface area contributed by atoms with Gasteiger partial charge in [-0.2, -0.15) is 0 Å². The van der Waals surface area contributed by atoms with Gasteiger partial charge in [0.2, 0.25) is 17.7 Å². The number of aliphatic hydroxyl groups is 2. The molecule has 3 amide bonds. The van der Waals surface area contributed by atoms with E-state index in [9.17, 15) is 29.4 Å². The summed E-state index contributed by atoms with van der Waals surface area (Å²) in [5, 5.41) is 34.5. The maximum atomic E-state index is 12.3. The Morgan fingerprint density at radius 2 is 1.57 bits per heavy atom. The van der Waals surface area contributed by atoms with Gasteiger partial charge in [0.05, 0.1) is 12.7 Å². The molecule has 0 aromatic carbocycles. The Kier molecular flexibility index (Phi) is 11.9. The molecule has 0 saturated heterocycles. The number of carbonyl (C=O) groups excluding carboxylic acids is 3. The van der Waals surface area contributed by atoms with Crippen LogP contribution in [0.25, 0.3) is 0 Å². The molecule has 12 nitrogen and oxygen atoms in total. The molecule has 0 rings (SSSR count). The molecule has 0 heterocycles. The molecule has 0 bridgehead atoms. The molecule has 0 fully saturated rings. The molecule has 162 valence electrons. The fourth-order valence-corrected chi connectivity index (χ4v) is 2.16. The minimum Gasteiger partial charge on any atom is -0.480 e. The van der Waals surface area contributed by atoms with Gasteiger partial charge in [0, 0.05) is 0 Å². The smallest absolute Gasteiger partial charge is 0.326 e. The van der Waals surface area contributed by atoms with Gasteiger partial charge in [0.25, 0.3) is 0 Å². The number of aliphatic hydroxyl groups excluding tert-OH is 2. The second kappa shape index (κ2) is 13.0. The molecule has 0 aromatic rings. The van der Waals surface area contributed by atoms with Crippen LogP contribution < -0.4 is 27.4 Å². The van der Waals surface area contributed by atoms with Gasteiger partial charge in [0.1, 0.15) is 24.2 Å². The van der Waals surface area contributed by atoms with Crippen LogP contribution in [0.2, 0.25) is 0 Å². The number of hydrogen-bond acceptors (Lipinski definition) is 8. The van der Waals surface area contributed by atoms with Crippen molar-refractivity contribution in [1.82, 2.24) is 16.0 Å². The van der Waals surface area contributed by atoms with E-state index < -0.39 is 60.6 Å². The Labute approximate surface area is 163 Å². The summed E-state index contributed by atoms with van der Waals surface area (Å²) in [6, 6.07) is -4.96. The van der Waals surface area contributed by atoms with Crippen LogP contribution in [0.15, 0.2) is 0 Å². The largest absolute Gasteiger partial charge is 0.480 e. The topological polar surface area (TPSA) is 217 Å². The normalized spacial score (nSPS) is 16.2. The molecule has 0 aliphatic rings. The van der Waals surface area contributed by atoms with E-state index in [-0.39, 0.29) is 6.42 Å². The zero-order valence-electron chi connectivity index (χ0n) is 16.1. The Balaban J connectivity index is 4.86. The van der Waals surface area contributed by atoms with Gasteiger partial charge in [-0.05, 0) is 39.7 Å². The van der Waals surface area contributed by atoms with E-state index in [4.69, 9.17) is 16.6 Å². The van der Waals surface area contributed by atoms with Crippen molar-refractivity contribution in [3.05, 3.63) is 0 Å². The molecule has 0 aromatic heterocycles. The Hall–Kier alpha value is -2.28. The first kappa shape index (κ1) is 25.7. The van der Waals surface area contributed by atoms with E-state index in [1.165, 1.54) is 13.8 Å². The third-order valence-corrected chi connectivity index (χ3v) is 3.91. The van der Waals surface area contributed by atoms with Gasteiger partial charge in [-0.1, -0.05) is 0 Å². The maximum absolute atomic E-state index is 12.3. The van der Waals surface area contributed by atoms with Crippen molar-refractivity contribution >= 4 is 23.7 Å². The van der Waals surface area contributed by atoms with Crippen molar-refractivity contribution in [3.63, 3.8) is 0 Å². The molecule has 10 N–H and O–H groups in total. The zero-order chi connectivity index (χ0) is 21.9. The number of nitrogens with two attached hydrogens (primary N) is 2. The van der Waals surface area contributed by atoms with E-state index in [0.29, 0.717) is 19.4 Å². The molecule has 0 saturated carbocycles. The number of amides is 3. The summed E-state index contributed by atoms with van der Waals surface area (Å²) in [5.74, 6) is -3.68. The summed E-state index contributed by atoms with van der Waals surface area (Å²) >= 11 is 0. The molecular weight excluding hydrogens is 374 g/mol. The molecule has 0 spiro atoms. The van der Waals surface area contributed by atoms with Crippen LogP contribution in [0, 0.1) is 0 Å². The number of unbranched alkanes of at least 4 members (excludes halogenated alkanes) is 1. The predicted molar refractivity (Wildman–Crippen MR) is 98.7 cm³/mol. The Morgan fingerprint density at radius 3 is 2.04 bits per heavy atom. The first-order valence-electron chi connectivity index (χ1n) is 8.93. The van der Waals surface area contributed by atoms with Crippen molar-refractivity contribution in [2.75, 3.05) is 13.2 Å². The van der Waals surface area contributed by atoms with Crippen LogP contribution in [0.3, 0.4) is 0 Å². The number of carboxylic acid groups (broad SMARTS) is 1. The molecule has 0 radical (unpaired) electrons. The predicted octanol–water partition coefficient (Wildman–Crippen LogP) is -3.63. The highest BCUT2D eigenvalue weighted by Crippen LogP contribution is 2.02. The SMILES string of the molecule is CC(NC(=O)C(NC(=O)C(N)CO)C(C)O)C(=O)NC(CCCCN)C(=O)O. The fourth-order valence-electron chi connectivity index (χ4n) is 2.16. The highest BCUT2D eigenvalue weighted by atomic mass is 16.4. The standard InChI is InChI=1S/C16H31N5O7/c1-8(13(24)20-11(16(27)28)5-3-4-6-17)19-15(26)12(9(2)23)21-14(25)10(18)7-22/h8-12,22-23H,3-7,17-18H2,1-2H3,(H,19,26)(H,20,24)(H,21,25)(H,27,28). The minimum atomic E-state index is -1.42. The van der Waals surface area contributed by atoms with Gasteiger partial charge in [-0.3, -0.25) is 14.4 Å². The first-order valence-corrected chi connectivity index (χ1v) is 8.93. The van der Waals surface area contributed by atoms with Crippen LogP contribution in [-0.2, 0) is 19.2 Å². The first-order chi connectivity index (χ1) is 13.0. The lowest BCUT2D eigenvalue weighted by molar-refractivity contribution is -0.142. The van der Waals surface area contributed by atoms with Crippen LogP contribution in [0.1, 0.15) is 33.1 Å². The number of carbonyl (C=O) groups is 4. The van der Waals surface area contributed by atoms with Gasteiger partial charge in [-0.15, -0.1) is 0 Å². The Morgan fingerprint density at radius 1 is 0.964 bits per heavy atom. The quantitative estimate of drug-likeness (QED) is 0.142. The number of aliphatic carboxylic acids is 1. The van der Waals surface area contributed by atoms with Gasteiger partial charge in [-0.25, -0.2) is 4.79 Å². The highest BCUT2D eigenvalue weighted by Gasteiger charge is 2.30. The molecule has 5 unspecified atom stereocenters. The summed E-state index contributed by atoms with van der Waals surface area (Å²) in [6.07, 6.45) is -0.00858. The molecule has 5 atom stereocenters.